The predicted molar refractivity (Wildman–Crippen MR) is 72.6 cm³/mol. The zero-order valence-electron chi connectivity index (χ0n) is 8.46. The molecule has 2 nitrogen and oxygen atoms in total. The molecule has 1 atom stereocenters. The molecule has 0 spiro atoms. The van der Waals surface area contributed by atoms with Gasteiger partial charge in [0.15, 0.2) is 0 Å². The predicted octanol–water partition coefficient (Wildman–Crippen LogP) is 3.98. The van der Waals surface area contributed by atoms with Gasteiger partial charge in [-0.2, -0.15) is 0 Å². The maximum atomic E-state index is 6.13. The SMILES string of the molecule is Cc1ccsc1C(NN)c1cc(Cl)sc1Cl. The number of aryl methyl sites for hydroxylation is 1. The minimum atomic E-state index is -0.0868. The highest BCUT2D eigenvalue weighted by molar-refractivity contribution is 7.20. The van der Waals surface area contributed by atoms with Crippen molar-refractivity contribution in [2.24, 2.45) is 5.84 Å². The molecular weight excluding hydrogens is 283 g/mol. The van der Waals surface area contributed by atoms with E-state index < -0.39 is 0 Å². The van der Waals surface area contributed by atoms with Crippen LogP contribution in [0.4, 0.5) is 0 Å². The topological polar surface area (TPSA) is 38.0 Å². The summed E-state index contributed by atoms with van der Waals surface area (Å²) in [6.45, 7) is 2.05. The Morgan fingerprint density at radius 1 is 1.44 bits per heavy atom. The van der Waals surface area contributed by atoms with Gasteiger partial charge in [0.05, 0.1) is 14.7 Å². The van der Waals surface area contributed by atoms with E-state index in [-0.39, 0.29) is 6.04 Å². The number of thiophene rings is 2. The Kier molecular flexibility index (Phi) is 3.89. The Balaban J connectivity index is 2.44. The number of rotatable bonds is 3. The van der Waals surface area contributed by atoms with Gasteiger partial charge in [0, 0.05) is 10.4 Å². The van der Waals surface area contributed by atoms with Gasteiger partial charge < -0.3 is 0 Å². The Labute approximate surface area is 112 Å². The Morgan fingerprint density at radius 3 is 2.62 bits per heavy atom. The third kappa shape index (κ3) is 2.27. The molecule has 1 unspecified atom stereocenters. The zero-order chi connectivity index (χ0) is 11.7. The van der Waals surface area contributed by atoms with Crippen LogP contribution in [0.25, 0.3) is 0 Å². The van der Waals surface area contributed by atoms with E-state index >= 15 is 0 Å². The Morgan fingerprint density at radius 2 is 2.19 bits per heavy atom. The number of nitrogens with one attached hydrogen (secondary N) is 1. The van der Waals surface area contributed by atoms with Crippen LogP contribution in [0.5, 0.6) is 0 Å². The summed E-state index contributed by atoms with van der Waals surface area (Å²) in [7, 11) is 0. The molecule has 0 saturated carbocycles. The highest BCUT2D eigenvalue weighted by Crippen LogP contribution is 2.39. The lowest BCUT2D eigenvalue weighted by molar-refractivity contribution is 0.646. The minimum absolute atomic E-state index is 0.0868. The molecule has 16 heavy (non-hydrogen) atoms. The summed E-state index contributed by atoms with van der Waals surface area (Å²) in [6.07, 6.45) is 0. The van der Waals surface area contributed by atoms with E-state index in [1.54, 1.807) is 11.3 Å². The van der Waals surface area contributed by atoms with Crippen LogP contribution in [0.1, 0.15) is 22.0 Å². The normalized spacial score (nSPS) is 13.0. The third-order valence-corrected chi connectivity index (χ3v) is 4.93. The van der Waals surface area contributed by atoms with Crippen molar-refractivity contribution >= 4 is 45.9 Å². The summed E-state index contributed by atoms with van der Waals surface area (Å²) in [5, 5.41) is 2.04. The minimum Gasteiger partial charge on any atom is -0.271 e. The number of hydrogen-bond acceptors (Lipinski definition) is 4. The summed E-state index contributed by atoms with van der Waals surface area (Å²) in [5.74, 6) is 5.60. The van der Waals surface area contributed by atoms with Gasteiger partial charge in [-0.05, 0) is 30.0 Å². The molecule has 2 aromatic rings. The molecule has 2 aromatic heterocycles. The lowest BCUT2D eigenvalue weighted by Crippen LogP contribution is -2.28. The fourth-order valence-corrected chi connectivity index (χ4v) is 4.07. The molecule has 0 amide bonds. The van der Waals surface area contributed by atoms with E-state index in [2.05, 4.69) is 18.4 Å². The van der Waals surface area contributed by atoms with Crippen LogP contribution in [-0.2, 0) is 0 Å². The molecule has 2 heterocycles. The lowest BCUT2D eigenvalue weighted by atomic mass is 10.1. The summed E-state index contributed by atoms with van der Waals surface area (Å²) in [6, 6.07) is 3.83. The first-order valence-electron chi connectivity index (χ1n) is 4.58. The van der Waals surface area contributed by atoms with Crippen LogP contribution >= 0.6 is 45.9 Å². The fraction of sp³-hybridized carbons (Fsp3) is 0.200. The Hall–Kier alpha value is -0.100. The summed E-state index contributed by atoms with van der Waals surface area (Å²) in [4.78, 5) is 1.17. The van der Waals surface area contributed by atoms with Gasteiger partial charge in [-0.25, -0.2) is 5.43 Å². The molecular formula is C10H10Cl2N2S2. The van der Waals surface area contributed by atoms with Crippen molar-refractivity contribution < 1.29 is 0 Å². The van der Waals surface area contributed by atoms with Crippen molar-refractivity contribution in [3.05, 3.63) is 42.2 Å². The third-order valence-electron chi connectivity index (χ3n) is 2.32. The van der Waals surface area contributed by atoms with Crippen LogP contribution in [0.15, 0.2) is 17.5 Å². The van der Waals surface area contributed by atoms with E-state index in [1.165, 1.54) is 21.8 Å². The number of hydrogen-bond donors (Lipinski definition) is 2. The van der Waals surface area contributed by atoms with Gasteiger partial charge in [0.25, 0.3) is 0 Å². The highest BCUT2D eigenvalue weighted by atomic mass is 35.5. The maximum absolute atomic E-state index is 6.13. The van der Waals surface area contributed by atoms with Crippen LogP contribution in [0.2, 0.25) is 8.67 Å². The number of nitrogens with two attached hydrogens (primary N) is 1. The molecule has 2 rings (SSSR count). The van der Waals surface area contributed by atoms with E-state index in [4.69, 9.17) is 29.0 Å². The van der Waals surface area contributed by atoms with Crippen molar-refractivity contribution in [3.63, 3.8) is 0 Å². The largest absolute Gasteiger partial charge is 0.271 e. The van der Waals surface area contributed by atoms with E-state index in [1.807, 2.05) is 11.4 Å². The monoisotopic (exact) mass is 292 g/mol. The molecule has 0 aliphatic carbocycles. The van der Waals surface area contributed by atoms with Crippen molar-refractivity contribution in [3.8, 4) is 0 Å². The van der Waals surface area contributed by atoms with Gasteiger partial charge >= 0.3 is 0 Å². The second-order valence-electron chi connectivity index (χ2n) is 3.35. The summed E-state index contributed by atoms with van der Waals surface area (Å²) >= 11 is 15.1. The molecule has 0 aliphatic rings. The van der Waals surface area contributed by atoms with Crippen LogP contribution in [0.3, 0.4) is 0 Å². The second kappa shape index (κ2) is 5.04. The molecule has 86 valence electrons. The van der Waals surface area contributed by atoms with Crippen LogP contribution in [-0.4, -0.2) is 0 Å². The van der Waals surface area contributed by atoms with E-state index in [0.717, 1.165) is 5.56 Å². The molecule has 0 aromatic carbocycles. The molecule has 6 heteroatoms. The van der Waals surface area contributed by atoms with Gasteiger partial charge in [-0.15, -0.1) is 22.7 Å². The standard InChI is InChI=1S/C10H10Cl2N2S2/c1-5-2-3-15-9(5)8(14-13)6-4-7(11)16-10(6)12/h2-4,8,14H,13H2,1H3. The summed E-state index contributed by atoms with van der Waals surface area (Å²) in [5.41, 5.74) is 4.92. The number of hydrazine groups is 1. The molecule has 0 radical (unpaired) electrons. The highest BCUT2D eigenvalue weighted by Gasteiger charge is 2.20. The number of halogens is 2. The van der Waals surface area contributed by atoms with Crippen molar-refractivity contribution in [2.45, 2.75) is 13.0 Å². The molecule has 0 saturated heterocycles. The van der Waals surface area contributed by atoms with Crippen molar-refractivity contribution in [1.29, 1.82) is 0 Å². The van der Waals surface area contributed by atoms with Crippen molar-refractivity contribution in [2.75, 3.05) is 0 Å². The first-order valence-corrected chi connectivity index (χ1v) is 7.03. The zero-order valence-corrected chi connectivity index (χ0v) is 11.6. The van der Waals surface area contributed by atoms with Gasteiger partial charge in [-0.3, -0.25) is 5.84 Å². The second-order valence-corrected chi connectivity index (χ2v) is 6.58. The summed E-state index contributed by atoms with van der Waals surface area (Å²) < 4.78 is 1.36. The first kappa shape index (κ1) is 12.4. The van der Waals surface area contributed by atoms with Gasteiger partial charge in [-0.1, -0.05) is 23.2 Å². The maximum Gasteiger partial charge on any atom is 0.0996 e. The molecule has 3 N–H and O–H groups in total. The van der Waals surface area contributed by atoms with Gasteiger partial charge in [0.1, 0.15) is 0 Å². The smallest absolute Gasteiger partial charge is 0.0996 e. The lowest BCUT2D eigenvalue weighted by Gasteiger charge is -2.14. The molecule has 0 fully saturated rings. The van der Waals surface area contributed by atoms with E-state index in [9.17, 15) is 0 Å². The fourth-order valence-electron chi connectivity index (χ4n) is 1.54. The first-order chi connectivity index (χ1) is 7.63. The average molecular weight is 293 g/mol. The molecule has 0 aliphatic heterocycles. The van der Waals surface area contributed by atoms with E-state index in [0.29, 0.717) is 8.67 Å². The van der Waals surface area contributed by atoms with Crippen LogP contribution < -0.4 is 11.3 Å². The van der Waals surface area contributed by atoms with Crippen LogP contribution in [0, 0.1) is 6.92 Å². The average Bonchev–Trinajstić information content (AvgIpc) is 2.77. The molecule has 0 bridgehead atoms. The quantitative estimate of drug-likeness (QED) is 0.663. The van der Waals surface area contributed by atoms with Crippen molar-refractivity contribution in [1.82, 2.24) is 5.43 Å². The Bertz CT molecular complexity index is 493. The van der Waals surface area contributed by atoms with Gasteiger partial charge in [0.2, 0.25) is 0 Å².